The van der Waals surface area contributed by atoms with Gasteiger partial charge in [-0.15, -0.1) is 0 Å². The minimum atomic E-state index is -0.550. The van der Waals surface area contributed by atoms with E-state index in [-0.39, 0.29) is 29.8 Å². The lowest BCUT2D eigenvalue weighted by atomic mass is 10.1. The van der Waals surface area contributed by atoms with E-state index >= 15 is 0 Å². The van der Waals surface area contributed by atoms with Crippen LogP contribution in [0.5, 0.6) is 11.5 Å². The van der Waals surface area contributed by atoms with Crippen LogP contribution in [0.2, 0.25) is 5.02 Å². The minimum absolute atomic E-state index is 0.0573. The molecule has 29 heavy (non-hydrogen) atoms. The van der Waals surface area contributed by atoms with E-state index < -0.39 is 11.7 Å². The number of nitrogens with one attached hydrogen (secondary N) is 1. The number of rotatable bonds is 7. The van der Waals surface area contributed by atoms with Crippen molar-refractivity contribution < 1.29 is 23.5 Å². The summed E-state index contributed by atoms with van der Waals surface area (Å²) in [5, 5.41) is 2.82. The number of halogens is 2. The lowest BCUT2D eigenvalue weighted by Gasteiger charge is -2.17. The molecular weight excluding hydrogens is 399 g/mol. The third kappa shape index (κ3) is 4.79. The third-order valence-electron chi connectivity index (χ3n) is 4.87. The number of hydrogen-bond acceptors (Lipinski definition) is 4. The van der Waals surface area contributed by atoms with E-state index in [2.05, 4.69) is 5.32 Å². The molecule has 0 radical (unpaired) electrons. The van der Waals surface area contributed by atoms with Crippen LogP contribution in [-0.2, 0) is 16.0 Å². The van der Waals surface area contributed by atoms with Gasteiger partial charge in [0, 0.05) is 25.2 Å². The average molecular weight is 421 g/mol. The van der Waals surface area contributed by atoms with Crippen molar-refractivity contribution in [3.05, 3.63) is 52.8 Å². The molecule has 1 heterocycles. The number of anilines is 1. The summed E-state index contributed by atoms with van der Waals surface area (Å²) in [5.74, 6) is -0.109. The average Bonchev–Trinajstić information content (AvgIpc) is 3.11. The molecule has 1 aliphatic rings. The second-order valence-corrected chi connectivity index (χ2v) is 7.14. The van der Waals surface area contributed by atoms with Gasteiger partial charge >= 0.3 is 0 Å². The van der Waals surface area contributed by atoms with Crippen LogP contribution in [0, 0.1) is 11.7 Å². The first-order valence-electron chi connectivity index (χ1n) is 9.17. The minimum Gasteiger partial charge on any atom is -0.493 e. The van der Waals surface area contributed by atoms with E-state index in [0.717, 1.165) is 5.56 Å². The molecule has 0 aliphatic carbocycles. The number of nitrogens with zero attached hydrogens (tertiary/aromatic N) is 1. The van der Waals surface area contributed by atoms with Crippen LogP contribution in [0.3, 0.4) is 0 Å². The highest BCUT2D eigenvalue weighted by Crippen LogP contribution is 2.29. The van der Waals surface area contributed by atoms with Crippen molar-refractivity contribution in [2.75, 3.05) is 32.2 Å². The lowest BCUT2D eigenvalue weighted by Crippen LogP contribution is -2.34. The standard InChI is InChI=1S/C21H22ClFN2O4/c1-28-18-6-3-13(9-19(18)29-2)7-8-24-21(27)14-10-20(26)25(12-14)15-4-5-17(23)16(22)11-15/h3-6,9,11,14H,7-8,10,12H2,1-2H3,(H,24,27)/t14-/m1/s1. The maximum absolute atomic E-state index is 13.3. The van der Waals surface area contributed by atoms with Crippen LogP contribution in [0.4, 0.5) is 10.1 Å². The summed E-state index contributed by atoms with van der Waals surface area (Å²) in [7, 11) is 3.14. The van der Waals surface area contributed by atoms with Crippen LogP contribution in [0.15, 0.2) is 36.4 Å². The van der Waals surface area contributed by atoms with Gasteiger partial charge in [0.2, 0.25) is 11.8 Å². The Balaban J connectivity index is 1.55. The molecule has 3 rings (SSSR count). The van der Waals surface area contributed by atoms with E-state index in [1.165, 1.54) is 23.1 Å². The summed E-state index contributed by atoms with van der Waals surface area (Å²) >= 11 is 5.80. The van der Waals surface area contributed by atoms with Gasteiger partial charge in [-0.3, -0.25) is 9.59 Å². The molecule has 0 aromatic heterocycles. The number of methoxy groups -OCH3 is 2. The fraction of sp³-hybridized carbons (Fsp3) is 0.333. The van der Waals surface area contributed by atoms with Crippen molar-refractivity contribution in [1.82, 2.24) is 5.32 Å². The SMILES string of the molecule is COc1ccc(CCNC(=O)[C@@H]2CC(=O)N(c3ccc(F)c(Cl)c3)C2)cc1OC. The molecule has 0 spiro atoms. The summed E-state index contributed by atoms with van der Waals surface area (Å²) in [6, 6.07) is 9.68. The van der Waals surface area contributed by atoms with Gasteiger partial charge in [0.05, 0.1) is 25.2 Å². The summed E-state index contributed by atoms with van der Waals surface area (Å²) in [5.41, 5.74) is 1.48. The zero-order valence-corrected chi connectivity index (χ0v) is 17.0. The van der Waals surface area contributed by atoms with E-state index in [0.29, 0.717) is 30.2 Å². The summed E-state index contributed by atoms with van der Waals surface area (Å²) in [6.07, 6.45) is 0.723. The van der Waals surface area contributed by atoms with Crippen molar-refractivity contribution >= 4 is 29.1 Å². The first kappa shape index (κ1) is 20.9. The van der Waals surface area contributed by atoms with Crippen LogP contribution in [-0.4, -0.2) is 39.1 Å². The van der Waals surface area contributed by atoms with Gasteiger partial charge in [-0.25, -0.2) is 4.39 Å². The highest BCUT2D eigenvalue weighted by Gasteiger charge is 2.35. The fourth-order valence-electron chi connectivity index (χ4n) is 3.30. The van der Waals surface area contributed by atoms with E-state index in [1.54, 1.807) is 14.2 Å². The van der Waals surface area contributed by atoms with Gasteiger partial charge in [0.1, 0.15) is 5.82 Å². The van der Waals surface area contributed by atoms with Crippen LogP contribution in [0.1, 0.15) is 12.0 Å². The molecule has 1 N–H and O–H groups in total. The second-order valence-electron chi connectivity index (χ2n) is 6.73. The van der Waals surface area contributed by atoms with Gasteiger partial charge in [-0.05, 0) is 42.3 Å². The van der Waals surface area contributed by atoms with Crippen LogP contribution in [0.25, 0.3) is 0 Å². The molecule has 0 unspecified atom stereocenters. The predicted octanol–water partition coefficient (Wildman–Crippen LogP) is 3.21. The number of ether oxygens (including phenoxy) is 2. The molecule has 1 saturated heterocycles. The quantitative estimate of drug-likeness (QED) is 0.746. The highest BCUT2D eigenvalue weighted by atomic mass is 35.5. The van der Waals surface area contributed by atoms with Gasteiger partial charge < -0.3 is 19.7 Å². The number of hydrogen-bond donors (Lipinski definition) is 1. The van der Waals surface area contributed by atoms with Gasteiger partial charge in [-0.2, -0.15) is 0 Å². The molecule has 2 amide bonds. The van der Waals surface area contributed by atoms with Crippen molar-refractivity contribution in [3.8, 4) is 11.5 Å². The van der Waals surface area contributed by atoms with E-state index in [9.17, 15) is 14.0 Å². The molecular formula is C21H22ClFN2O4. The van der Waals surface area contributed by atoms with Crippen molar-refractivity contribution in [3.63, 3.8) is 0 Å². The van der Waals surface area contributed by atoms with Gasteiger partial charge in [-0.1, -0.05) is 17.7 Å². The Hall–Kier alpha value is -2.80. The van der Waals surface area contributed by atoms with Crippen LogP contribution >= 0.6 is 11.6 Å². The fourth-order valence-corrected chi connectivity index (χ4v) is 3.47. The second kappa shape index (κ2) is 9.13. The zero-order valence-electron chi connectivity index (χ0n) is 16.2. The number of amides is 2. The van der Waals surface area contributed by atoms with Crippen molar-refractivity contribution in [1.29, 1.82) is 0 Å². The molecule has 1 fully saturated rings. The molecule has 2 aromatic carbocycles. The summed E-state index contributed by atoms with van der Waals surface area (Å²) < 4.78 is 23.8. The molecule has 2 aromatic rings. The van der Waals surface area contributed by atoms with Crippen molar-refractivity contribution in [2.24, 2.45) is 5.92 Å². The van der Waals surface area contributed by atoms with Gasteiger partial charge in [0.25, 0.3) is 0 Å². The van der Waals surface area contributed by atoms with Crippen molar-refractivity contribution in [2.45, 2.75) is 12.8 Å². The Kier molecular flexibility index (Phi) is 6.59. The number of benzene rings is 2. The first-order valence-corrected chi connectivity index (χ1v) is 9.54. The van der Waals surface area contributed by atoms with E-state index in [1.807, 2.05) is 18.2 Å². The number of carbonyl (C=O) groups excluding carboxylic acids is 2. The number of carbonyl (C=O) groups is 2. The smallest absolute Gasteiger partial charge is 0.227 e. The molecule has 6 nitrogen and oxygen atoms in total. The Morgan fingerprint density at radius 1 is 1.21 bits per heavy atom. The Labute approximate surface area is 173 Å². The monoisotopic (exact) mass is 420 g/mol. The third-order valence-corrected chi connectivity index (χ3v) is 5.16. The maximum Gasteiger partial charge on any atom is 0.227 e. The maximum atomic E-state index is 13.3. The predicted molar refractivity (Wildman–Crippen MR) is 108 cm³/mol. The van der Waals surface area contributed by atoms with E-state index in [4.69, 9.17) is 21.1 Å². The normalized spacial score (nSPS) is 16.1. The zero-order chi connectivity index (χ0) is 21.0. The largest absolute Gasteiger partial charge is 0.493 e. The molecule has 0 saturated carbocycles. The molecule has 1 aliphatic heterocycles. The summed E-state index contributed by atoms with van der Waals surface area (Å²) in [4.78, 5) is 26.2. The highest BCUT2D eigenvalue weighted by molar-refractivity contribution is 6.31. The first-order chi connectivity index (χ1) is 13.9. The molecule has 154 valence electrons. The Morgan fingerprint density at radius 3 is 2.66 bits per heavy atom. The lowest BCUT2D eigenvalue weighted by molar-refractivity contribution is -0.126. The van der Waals surface area contributed by atoms with Crippen LogP contribution < -0.4 is 19.7 Å². The molecule has 8 heteroatoms. The topological polar surface area (TPSA) is 67.9 Å². The summed E-state index contributed by atoms with van der Waals surface area (Å²) in [6.45, 7) is 0.671. The van der Waals surface area contributed by atoms with Gasteiger partial charge in [0.15, 0.2) is 11.5 Å². The molecule has 0 bridgehead atoms. The molecule has 1 atom stereocenters. The Bertz CT molecular complexity index is 922. The Morgan fingerprint density at radius 2 is 1.97 bits per heavy atom.